The third-order valence-corrected chi connectivity index (χ3v) is 3.25. The molecule has 0 bridgehead atoms. The molecule has 0 radical (unpaired) electrons. The summed E-state index contributed by atoms with van der Waals surface area (Å²) < 4.78 is 0. The number of hydrogen-bond acceptors (Lipinski definition) is 2. The van der Waals surface area contributed by atoms with Gasteiger partial charge in [0.1, 0.15) is 0 Å². The van der Waals surface area contributed by atoms with Crippen molar-refractivity contribution in [3.63, 3.8) is 0 Å². The van der Waals surface area contributed by atoms with Crippen molar-refractivity contribution in [1.82, 2.24) is 0 Å². The molecule has 0 saturated carbocycles. The molecule has 0 aliphatic carbocycles. The lowest BCUT2D eigenvalue weighted by atomic mass is 9.96. The number of rotatable bonds is 4. The van der Waals surface area contributed by atoms with Crippen molar-refractivity contribution in [2.45, 2.75) is 0 Å². The summed E-state index contributed by atoms with van der Waals surface area (Å²) in [6.07, 6.45) is 0. The topological polar surface area (TPSA) is 34.1 Å². The van der Waals surface area contributed by atoms with E-state index in [1.807, 2.05) is 12.1 Å². The first kappa shape index (κ1) is 13.1. The molecule has 0 aliphatic rings. The maximum absolute atomic E-state index is 11.7. The van der Waals surface area contributed by atoms with Crippen molar-refractivity contribution in [2.75, 3.05) is 11.8 Å². The number of hydrogen-bond donors (Lipinski definition) is 0. The van der Waals surface area contributed by atoms with Crippen LogP contribution in [0.1, 0.15) is 20.7 Å². The van der Waals surface area contributed by atoms with Crippen molar-refractivity contribution in [1.29, 1.82) is 0 Å². The molecule has 0 unspecified atom stereocenters. The highest BCUT2D eigenvalue weighted by atomic mass is 35.5. The Labute approximate surface area is 115 Å². The van der Waals surface area contributed by atoms with E-state index in [4.69, 9.17) is 23.2 Å². The SMILES string of the molecule is O=C(CCl)c1ccc(C(=O)CCl)c2ccccc12. The molecule has 92 valence electrons. The molecular formula is C14H10Cl2O2. The second-order valence-corrected chi connectivity index (χ2v) is 4.35. The first-order valence-electron chi connectivity index (χ1n) is 5.39. The first-order chi connectivity index (χ1) is 8.69. The summed E-state index contributed by atoms with van der Waals surface area (Å²) in [7, 11) is 0. The Hall–Kier alpha value is -1.38. The molecule has 2 nitrogen and oxygen atoms in total. The third-order valence-electron chi connectivity index (χ3n) is 2.77. The van der Waals surface area contributed by atoms with Crippen molar-refractivity contribution in [2.24, 2.45) is 0 Å². The van der Waals surface area contributed by atoms with Crippen LogP contribution in [-0.4, -0.2) is 23.3 Å². The van der Waals surface area contributed by atoms with Gasteiger partial charge in [0.2, 0.25) is 0 Å². The van der Waals surface area contributed by atoms with Crippen LogP contribution in [0.3, 0.4) is 0 Å². The van der Waals surface area contributed by atoms with Crippen molar-refractivity contribution < 1.29 is 9.59 Å². The van der Waals surface area contributed by atoms with Crippen molar-refractivity contribution in [3.8, 4) is 0 Å². The maximum atomic E-state index is 11.7. The number of Topliss-reactive ketones (excluding diaryl/α,β-unsaturated/α-hetero) is 2. The highest BCUT2D eigenvalue weighted by Crippen LogP contribution is 2.24. The Morgan fingerprint density at radius 2 is 1.17 bits per heavy atom. The summed E-state index contributed by atoms with van der Waals surface area (Å²) in [6, 6.07) is 10.5. The van der Waals surface area contributed by atoms with Crippen molar-refractivity contribution >= 4 is 45.5 Å². The summed E-state index contributed by atoms with van der Waals surface area (Å²) in [6.45, 7) is 0. The molecule has 0 fully saturated rings. The Morgan fingerprint density at radius 1 is 0.778 bits per heavy atom. The van der Waals surface area contributed by atoms with E-state index in [9.17, 15) is 9.59 Å². The molecule has 2 aromatic rings. The van der Waals surface area contributed by atoms with Gasteiger partial charge >= 0.3 is 0 Å². The molecular weight excluding hydrogens is 271 g/mol. The number of halogens is 2. The average Bonchev–Trinajstić information content (AvgIpc) is 2.44. The van der Waals surface area contributed by atoms with E-state index in [-0.39, 0.29) is 23.3 Å². The summed E-state index contributed by atoms with van der Waals surface area (Å²) in [5, 5.41) is 1.47. The van der Waals surface area contributed by atoms with E-state index in [2.05, 4.69) is 0 Å². The van der Waals surface area contributed by atoms with E-state index >= 15 is 0 Å². The fraction of sp³-hybridized carbons (Fsp3) is 0.143. The molecule has 2 rings (SSSR count). The summed E-state index contributed by atoms with van der Waals surface area (Å²) in [4.78, 5) is 23.5. The van der Waals surface area contributed by atoms with Gasteiger partial charge in [0, 0.05) is 11.1 Å². The normalized spacial score (nSPS) is 10.6. The first-order valence-corrected chi connectivity index (χ1v) is 6.46. The van der Waals surface area contributed by atoms with Gasteiger partial charge in [-0.05, 0) is 22.9 Å². The smallest absolute Gasteiger partial charge is 0.178 e. The largest absolute Gasteiger partial charge is 0.293 e. The molecule has 0 aromatic heterocycles. The molecule has 0 spiro atoms. The van der Waals surface area contributed by atoms with Crippen LogP contribution in [0.5, 0.6) is 0 Å². The van der Waals surface area contributed by atoms with Gasteiger partial charge < -0.3 is 0 Å². The minimum atomic E-state index is -0.155. The van der Waals surface area contributed by atoms with Crippen LogP contribution >= 0.6 is 23.2 Å². The van der Waals surface area contributed by atoms with Gasteiger partial charge in [0.05, 0.1) is 11.8 Å². The highest BCUT2D eigenvalue weighted by Gasteiger charge is 2.14. The van der Waals surface area contributed by atoms with Gasteiger partial charge in [-0.15, -0.1) is 23.2 Å². The van der Waals surface area contributed by atoms with Crippen LogP contribution in [0, 0.1) is 0 Å². The zero-order chi connectivity index (χ0) is 13.1. The zero-order valence-electron chi connectivity index (χ0n) is 9.45. The second-order valence-electron chi connectivity index (χ2n) is 3.82. The molecule has 2 aromatic carbocycles. The Bertz CT molecular complexity index is 566. The maximum Gasteiger partial charge on any atom is 0.178 e. The van der Waals surface area contributed by atoms with Crippen LogP contribution in [-0.2, 0) is 0 Å². The predicted octanol–water partition coefficient (Wildman–Crippen LogP) is 3.68. The fourth-order valence-corrected chi connectivity index (χ4v) is 2.22. The average molecular weight is 281 g/mol. The predicted molar refractivity (Wildman–Crippen MR) is 74.0 cm³/mol. The standard InChI is InChI=1S/C14H10Cl2O2/c15-7-13(17)11-5-6-12(14(18)8-16)10-4-2-1-3-9(10)11/h1-6H,7-8H2. The number of carbonyl (C=O) groups is 2. The van der Waals surface area contributed by atoms with E-state index in [1.54, 1.807) is 24.3 Å². The highest BCUT2D eigenvalue weighted by molar-refractivity contribution is 6.34. The van der Waals surface area contributed by atoms with Gasteiger partial charge in [-0.25, -0.2) is 0 Å². The minimum Gasteiger partial charge on any atom is -0.293 e. The molecule has 0 aliphatic heterocycles. The Balaban J connectivity index is 2.74. The van der Waals surface area contributed by atoms with Gasteiger partial charge in [-0.1, -0.05) is 24.3 Å². The van der Waals surface area contributed by atoms with Crippen LogP contribution in [0.4, 0.5) is 0 Å². The summed E-state index contributed by atoms with van der Waals surface area (Å²) in [5.74, 6) is -0.463. The molecule has 18 heavy (non-hydrogen) atoms. The number of benzene rings is 2. The number of alkyl halides is 2. The molecule has 0 heterocycles. The van der Waals surface area contributed by atoms with Gasteiger partial charge in [-0.2, -0.15) is 0 Å². The molecule has 0 atom stereocenters. The third kappa shape index (κ3) is 2.26. The number of carbonyl (C=O) groups excluding carboxylic acids is 2. The monoisotopic (exact) mass is 280 g/mol. The van der Waals surface area contributed by atoms with E-state index in [0.717, 1.165) is 10.8 Å². The minimum absolute atomic E-state index is 0.0766. The van der Waals surface area contributed by atoms with Gasteiger partial charge in [-0.3, -0.25) is 9.59 Å². The van der Waals surface area contributed by atoms with Crippen LogP contribution in [0.15, 0.2) is 36.4 Å². The number of fused-ring (bicyclic) bond motifs is 1. The van der Waals surface area contributed by atoms with E-state index in [0.29, 0.717) is 11.1 Å². The van der Waals surface area contributed by atoms with Gasteiger partial charge in [0.25, 0.3) is 0 Å². The van der Waals surface area contributed by atoms with Crippen molar-refractivity contribution in [3.05, 3.63) is 47.5 Å². The Kier molecular flexibility index (Phi) is 4.00. The van der Waals surface area contributed by atoms with Crippen LogP contribution in [0.25, 0.3) is 10.8 Å². The molecule has 0 saturated heterocycles. The van der Waals surface area contributed by atoms with E-state index < -0.39 is 0 Å². The lowest BCUT2D eigenvalue weighted by Gasteiger charge is -2.08. The lowest BCUT2D eigenvalue weighted by Crippen LogP contribution is -2.06. The molecule has 0 N–H and O–H groups in total. The summed E-state index contributed by atoms with van der Waals surface area (Å²) in [5.41, 5.74) is 1.07. The molecule has 0 amide bonds. The zero-order valence-corrected chi connectivity index (χ0v) is 11.0. The second kappa shape index (κ2) is 5.51. The summed E-state index contributed by atoms with van der Waals surface area (Å²) >= 11 is 11.2. The number of ketones is 2. The van der Waals surface area contributed by atoms with Gasteiger partial charge in [0.15, 0.2) is 11.6 Å². The van der Waals surface area contributed by atoms with E-state index in [1.165, 1.54) is 0 Å². The molecule has 4 heteroatoms. The Morgan fingerprint density at radius 3 is 1.50 bits per heavy atom. The quantitative estimate of drug-likeness (QED) is 0.632. The fourth-order valence-electron chi connectivity index (χ4n) is 1.93. The van der Waals surface area contributed by atoms with Crippen LogP contribution in [0.2, 0.25) is 0 Å². The lowest BCUT2D eigenvalue weighted by molar-refractivity contribution is 0.101. The van der Waals surface area contributed by atoms with Crippen LogP contribution < -0.4 is 0 Å².